The quantitative estimate of drug-likeness (QED) is 0.574. The molecule has 0 radical (unpaired) electrons. The lowest BCUT2D eigenvalue weighted by Crippen LogP contribution is -2.19. The van der Waals surface area contributed by atoms with Gasteiger partial charge in [0.15, 0.2) is 0 Å². The minimum atomic E-state index is -0.385. The van der Waals surface area contributed by atoms with Crippen molar-refractivity contribution in [2.45, 2.75) is 20.0 Å². The molecule has 0 aliphatic heterocycles. The number of benzene rings is 1. The molecule has 6 nitrogen and oxygen atoms in total. The van der Waals surface area contributed by atoms with Gasteiger partial charge in [-0.1, -0.05) is 12.1 Å². The number of nitrogens with zero attached hydrogens (tertiary/aromatic N) is 2. The molecule has 0 atom stereocenters. The third-order valence-electron chi connectivity index (χ3n) is 3.19. The van der Waals surface area contributed by atoms with Gasteiger partial charge < -0.3 is 10.2 Å². The van der Waals surface area contributed by atoms with Crippen molar-refractivity contribution < 1.29 is 19.4 Å². The topological polar surface area (TPSA) is 94.8 Å². The number of aromatic nitrogens is 1. The van der Waals surface area contributed by atoms with Gasteiger partial charge in [-0.25, -0.2) is 9.82 Å². The molecule has 0 aliphatic rings. The lowest BCUT2D eigenvalue weighted by atomic mass is 10.1. The Balaban J connectivity index is 2.03. The van der Waals surface area contributed by atoms with Gasteiger partial charge in [0, 0.05) is 17.3 Å². The van der Waals surface area contributed by atoms with Crippen LogP contribution in [0.1, 0.15) is 22.4 Å². The van der Waals surface area contributed by atoms with Crippen molar-refractivity contribution in [2.24, 2.45) is 5.10 Å². The monoisotopic (exact) mass is 317 g/mol. The lowest BCUT2D eigenvalue weighted by molar-refractivity contribution is -0.120. The first-order valence-corrected chi connectivity index (χ1v) is 6.86. The third kappa shape index (κ3) is 4.33. The number of carbonyl (C=O) groups excluding carboxylic acids is 1. The van der Waals surface area contributed by atoms with Crippen LogP contribution < -0.4 is 5.43 Å². The summed E-state index contributed by atoms with van der Waals surface area (Å²) in [5.41, 5.74) is 4.04. The van der Waals surface area contributed by atoms with Crippen molar-refractivity contribution in [1.29, 1.82) is 0 Å². The number of hydrogen-bond acceptors (Lipinski definition) is 5. The molecule has 23 heavy (non-hydrogen) atoms. The fourth-order valence-corrected chi connectivity index (χ4v) is 1.92. The summed E-state index contributed by atoms with van der Waals surface area (Å²) in [5.74, 6) is -0.857. The van der Waals surface area contributed by atoms with E-state index >= 15 is 0 Å². The number of amides is 1. The fourth-order valence-electron chi connectivity index (χ4n) is 1.92. The Labute approximate surface area is 132 Å². The average molecular weight is 317 g/mol. The second kappa shape index (κ2) is 7.46. The van der Waals surface area contributed by atoms with Gasteiger partial charge in [-0.3, -0.25) is 9.78 Å². The molecule has 2 aromatic rings. The molecular formula is C16H16FN3O3. The number of pyridine rings is 1. The van der Waals surface area contributed by atoms with E-state index in [2.05, 4.69) is 15.5 Å². The Hall–Kier alpha value is -2.80. The first kappa shape index (κ1) is 16.6. The summed E-state index contributed by atoms with van der Waals surface area (Å²) < 4.78 is 12.8. The van der Waals surface area contributed by atoms with Crippen LogP contribution in [-0.4, -0.2) is 27.3 Å². The zero-order chi connectivity index (χ0) is 16.8. The standard InChI is InChI=1S/C16H16FN3O3/c1-10-16(23)14(12(9-21)7-18-10)8-19-20-15(22)6-11-2-4-13(17)5-3-11/h2-5,7-8,21,23H,6,9H2,1H3,(H,20,22)/b19-8+. The van der Waals surface area contributed by atoms with E-state index in [1.54, 1.807) is 6.92 Å². The Morgan fingerprint density at radius 3 is 2.74 bits per heavy atom. The highest BCUT2D eigenvalue weighted by Crippen LogP contribution is 2.21. The van der Waals surface area contributed by atoms with Gasteiger partial charge in [-0.2, -0.15) is 5.10 Å². The van der Waals surface area contributed by atoms with E-state index in [4.69, 9.17) is 0 Å². The molecule has 0 aliphatic carbocycles. The zero-order valence-electron chi connectivity index (χ0n) is 12.5. The molecule has 1 heterocycles. The molecule has 3 N–H and O–H groups in total. The van der Waals surface area contributed by atoms with Crippen molar-refractivity contribution in [1.82, 2.24) is 10.4 Å². The Morgan fingerprint density at radius 1 is 1.39 bits per heavy atom. The summed E-state index contributed by atoms with van der Waals surface area (Å²) in [6.07, 6.45) is 2.72. The van der Waals surface area contributed by atoms with Crippen LogP contribution >= 0.6 is 0 Å². The summed E-state index contributed by atoms with van der Waals surface area (Å²) in [6, 6.07) is 5.58. The summed E-state index contributed by atoms with van der Waals surface area (Å²) in [6.45, 7) is 1.30. The van der Waals surface area contributed by atoms with Crippen LogP contribution in [-0.2, 0) is 17.8 Å². The highest BCUT2D eigenvalue weighted by atomic mass is 19.1. The van der Waals surface area contributed by atoms with Gasteiger partial charge in [0.05, 0.1) is 24.9 Å². The van der Waals surface area contributed by atoms with Crippen molar-refractivity contribution >= 4 is 12.1 Å². The molecule has 0 unspecified atom stereocenters. The van der Waals surface area contributed by atoms with E-state index in [9.17, 15) is 19.4 Å². The van der Waals surface area contributed by atoms with Gasteiger partial charge in [0.25, 0.3) is 0 Å². The van der Waals surface area contributed by atoms with E-state index in [-0.39, 0.29) is 30.5 Å². The molecule has 7 heteroatoms. The first-order chi connectivity index (χ1) is 11.0. The molecular weight excluding hydrogens is 301 g/mol. The Morgan fingerprint density at radius 2 is 2.09 bits per heavy atom. The summed E-state index contributed by atoms with van der Waals surface area (Å²) in [5, 5.41) is 22.9. The third-order valence-corrected chi connectivity index (χ3v) is 3.19. The fraction of sp³-hybridized carbons (Fsp3) is 0.188. The Kier molecular flexibility index (Phi) is 5.37. The van der Waals surface area contributed by atoms with E-state index in [0.717, 1.165) is 0 Å². The van der Waals surface area contributed by atoms with Crippen molar-refractivity contribution in [2.75, 3.05) is 0 Å². The second-order valence-corrected chi connectivity index (χ2v) is 4.89. The largest absolute Gasteiger partial charge is 0.505 e. The maximum Gasteiger partial charge on any atom is 0.244 e. The summed E-state index contributed by atoms with van der Waals surface area (Å²) >= 11 is 0. The van der Waals surface area contributed by atoms with Crippen LogP contribution in [0.3, 0.4) is 0 Å². The molecule has 0 spiro atoms. The van der Waals surface area contributed by atoms with E-state index in [1.165, 1.54) is 36.7 Å². The van der Waals surface area contributed by atoms with Crippen LogP contribution in [0.4, 0.5) is 4.39 Å². The number of aliphatic hydroxyl groups is 1. The lowest BCUT2D eigenvalue weighted by Gasteiger charge is -2.07. The number of aliphatic hydroxyl groups excluding tert-OH is 1. The van der Waals surface area contributed by atoms with Crippen LogP contribution in [0, 0.1) is 12.7 Å². The second-order valence-electron chi connectivity index (χ2n) is 4.89. The summed E-state index contributed by atoms with van der Waals surface area (Å²) in [7, 11) is 0. The molecule has 2 rings (SSSR count). The minimum Gasteiger partial charge on any atom is -0.505 e. The summed E-state index contributed by atoms with van der Waals surface area (Å²) in [4.78, 5) is 15.7. The van der Waals surface area contributed by atoms with Gasteiger partial charge in [0.1, 0.15) is 11.6 Å². The molecule has 0 saturated carbocycles. The van der Waals surface area contributed by atoms with Crippen LogP contribution in [0.25, 0.3) is 0 Å². The number of halogens is 1. The maximum atomic E-state index is 12.8. The van der Waals surface area contributed by atoms with E-state index < -0.39 is 0 Å². The molecule has 1 amide bonds. The SMILES string of the molecule is Cc1ncc(CO)c(/C=N/NC(=O)Cc2ccc(F)cc2)c1O. The van der Waals surface area contributed by atoms with E-state index in [1.807, 2.05) is 0 Å². The maximum absolute atomic E-state index is 12.8. The molecule has 1 aromatic carbocycles. The zero-order valence-corrected chi connectivity index (χ0v) is 12.5. The predicted molar refractivity (Wildman–Crippen MR) is 82.4 cm³/mol. The van der Waals surface area contributed by atoms with Crippen LogP contribution in [0.5, 0.6) is 5.75 Å². The number of hydrogen-bond donors (Lipinski definition) is 3. The van der Waals surface area contributed by atoms with Crippen LogP contribution in [0.2, 0.25) is 0 Å². The highest BCUT2D eigenvalue weighted by Gasteiger charge is 2.09. The molecule has 120 valence electrons. The number of rotatable bonds is 5. The number of aryl methyl sites for hydroxylation is 1. The number of hydrazone groups is 1. The molecule has 1 aromatic heterocycles. The molecule has 0 saturated heterocycles. The number of nitrogens with one attached hydrogen (secondary N) is 1. The van der Waals surface area contributed by atoms with Gasteiger partial charge in [-0.15, -0.1) is 0 Å². The van der Waals surface area contributed by atoms with Crippen LogP contribution in [0.15, 0.2) is 35.6 Å². The normalized spacial score (nSPS) is 10.9. The Bertz CT molecular complexity index is 730. The smallest absolute Gasteiger partial charge is 0.244 e. The number of aromatic hydroxyl groups is 1. The van der Waals surface area contributed by atoms with Crippen molar-refractivity contribution in [3.8, 4) is 5.75 Å². The van der Waals surface area contributed by atoms with Gasteiger partial charge in [-0.05, 0) is 24.6 Å². The van der Waals surface area contributed by atoms with Crippen molar-refractivity contribution in [3.05, 3.63) is 58.7 Å². The predicted octanol–water partition coefficient (Wildman–Crippen LogP) is 1.42. The molecule has 0 fully saturated rings. The van der Waals surface area contributed by atoms with Gasteiger partial charge >= 0.3 is 0 Å². The van der Waals surface area contributed by atoms with Crippen molar-refractivity contribution in [3.63, 3.8) is 0 Å². The minimum absolute atomic E-state index is 0.0475. The van der Waals surface area contributed by atoms with E-state index in [0.29, 0.717) is 22.4 Å². The first-order valence-electron chi connectivity index (χ1n) is 6.86. The molecule has 0 bridgehead atoms. The highest BCUT2D eigenvalue weighted by molar-refractivity contribution is 5.87. The average Bonchev–Trinajstić information content (AvgIpc) is 2.54. The number of carbonyl (C=O) groups is 1. The van der Waals surface area contributed by atoms with Gasteiger partial charge in [0.2, 0.25) is 5.91 Å².